The maximum absolute atomic E-state index is 12.8. The second-order valence-corrected chi connectivity index (χ2v) is 8.19. The highest BCUT2D eigenvalue weighted by molar-refractivity contribution is 7.00. The second kappa shape index (κ2) is 6.89. The van der Waals surface area contributed by atoms with E-state index in [0.29, 0.717) is 44.6 Å². The fourth-order valence-electron chi connectivity index (χ4n) is 3.69. The van der Waals surface area contributed by atoms with Crippen LogP contribution in [0.3, 0.4) is 0 Å². The fourth-order valence-corrected chi connectivity index (χ4v) is 4.21. The predicted molar refractivity (Wildman–Crippen MR) is 110 cm³/mol. The number of fused-ring (bicyclic) bond motifs is 1. The first kappa shape index (κ1) is 18.2. The van der Waals surface area contributed by atoms with Crippen LogP contribution in [0.15, 0.2) is 42.5 Å². The lowest BCUT2D eigenvalue weighted by Crippen LogP contribution is -2.53. The number of benzene rings is 2. The molecule has 0 spiro atoms. The minimum absolute atomic E-state index is 0.0343. The number of rotatable bonds is 3. The van der Waals surface area contributed by atoms with Crippen LogP contribution in [0.1, 0.15) is 23.2 Å². The van der Waals surface area contributed by atoms with Gasteiger partial charge in [0.25, 0.3) is 11.8 Å². The van der Waals surface area contributed by atoms with Gasteiger partial charge in [0.05, 0.1) is 11.7 Å². The SMILES string of the molecule is O=C(c1ccc(-c2ccc3nsnc3c2)cc1)N1CCN(C(=O)C2(O)CC2)CC1. The Labute approximate surface area is 171 Å². The van der Waals surface area contributed by atoms with Crippen LogP contribution >= 0.6 is 11.7 Å². The molecule has 2 fully saturated rings. The molecule has 148 valence electrons. The Hall–Kier alpha value is -2.84. The van der Waals surface area contributed by atoms with Crippen molar-refractivity contribution in [3.63, 3.8) is 0 Å². The average molecular weight is 408 g/mol. The summed E-state index contributed by atoms with van der Waals surface area (Å²) in [5, 5.41) is 9.99. The molecule has 1 aliphatic carbocycles. The Morgan fingerprint density at radius 1 is 0.862 bits per heavy atom. The van der Waals surface area contributed by atoms with Gasteiger partial charge in [0.2, 0.25) is 0 Å². The van der Waals surface area contributed by atoms with Crippen molar-refractivity contribution in [1.29, 1.82) is 0 Å². The van der Waals surface area contributed by atoms with E-state index < -0.39 is 5.60 Å². The van der Waals surface area contributed by atoms with E-state index >= 15 is 0 Å². The van der Waals surface area contributed by atoms with Gasteiger partial charge in [0.1, 0.15) is 16.6 Å². The largest absolute Gasteiger partial charge is 0.380 e. The highest BCUT2D eigenvalue weighted by Gasteiger charge is 2.50. The molecule has 0 radical (unpaired) electrons. The average Bonchev–Trinajstić information content (AvgIpc) is 3.34. The quantitative estimate of drug-likeness (QED) is 0.718. The van der Waals surface area contributed by atoms with E-state index in [-0.39, 0.29) is 11.8 Å². The van der Waals surface area contributed by atoms with E-state index in [1.54, 1.807) is 9.80 Å². The summed E-state index contributed by atoms with van der Waals surface area (Å²) in [6.45, 7) is 1.89. The lowest BCUT2D eigenvalue weighted by Gasteiger charge is -2.35. The van der Waals surface area contributed by atoms with Crippen LogP contribution in [0, 0.1) is 0 Å². The molecule has 1 aliphatic heterocycles. The van der Waals surface area contributed by atoms with Gasteiger partial charge >= 0.3 is 0 Å². The zero-order chi connectivity index (χ0) is 20.0. The first-order chi connectivity index (χ1) is 14.0. The number of carbonyl (C=O) groups excluding carboxylic acids is 2. The first-order valence-corrected chi connectivity index (χ1v) is 10.4. The van der Waals surface area contributed by atoms with Gasteiger partial charge < -0.3 is 14.9 Å². The normalized spacial score (nSPS) is 18.1. The lowest BCUT2D eigenvalue weighted by atomic mass is 10.0. The number of piperazine rings is 1. The van der Waals surface area contributed by atoms with Crippen LogP contribution in [-0.2, 0) is 4.79 Å². The molecule has 2 amide bonds. The minimum atomic E-state index is -1.14. The van der Waals surface area contributed by atoms with Gasteiger partial charge in [0.15, 0.2) is 0 Å². The molecule has 1 N–H and O–H groups in total. The maximum atomic E-state index is 12.8. The molecule has 2 aromatic carbocycles. The molecule has 1 aromatic heterocycles. The summed E-state index contributed by atoms with van der Waals surface area (Å²) in [4.78, 5) is 28.5. The number of nitrogens with zero attached hydrogens (tertiary/aromatic N) is 4. The minimum Gasteiger partial charge on any atom is -0.380 e. The van der Waals surface area contributed by atoms with E-state index in [9.17, 15) is 14.7 Å². The summed E-state index contributed by atoms with van der Waals surface area (Å²) in [5.41, 5.74) is 3.30. The van der Waals surface area contributed by atoms with Crippen molar-refractivity contribution in [1.82, 2.24) is 18.5 Å². The third-order valence-corrected chi connectivity index (χ3v) is 6.25. The van der Waals surface area contributed by atoms with Crippen molar-refractivity contribution in [2.24, 2.45) is 0 Å². The summed E-state index contributed by atoms with van der Waals surface area (Å²) in [7, 11) is 0. The Morgan fingerprint density at radius 2 is 1.48 bits per heavy atom. The topological polar surface area (TPSA) is 86.6 Å². The van der Waals surface area contributed by atoms with E-state index in [1.807, 2.05) is 42.5 Å². The highest BCUT2D eigenvalue weighted by atomic mass is 32.1. The van der Waals surface area contributed by atoms with E-state index in [0.717, 1.165) is 22.2 Å². The van der Waals surface area contributed by atoms with Crippen molar-refractivity contribution in [2.45, 2.75) is 18.4 Å². The summed E-state index contributed by atoms with van der Waals surface area (Å²) in [6.07, 6.45) is 1.09. The number of carbonyl (C=O) groups is 2. The van der Waals surface area contributed by atoms with Crippen LogP contribution in [-0.4, -0.2) is 67.2 Å². The molecule has 29 heavy (non-hydrogen) atoms. The number of aromatic nitrogens is 2. The second-order valence-electron chi connectivity index (χ2n) is 7.66. The molecule has 2 heterocycles. The predicted octanol–water partition coefficient (Wildman–Crippen LogP) is 2.17. The molecule has 1 saturated carbocycles. The molecule has 0 unspecified atom stereocenters. The number of amides is 2. The van der Waals surface area contributed by atoms with Crippen molar-refractivity contribution in [2.75, 3.05) is 26.2 Å². The summed E-state index contributed by atoms with van der Waals surface area (Å²) >= 11 is 1.20. The zero-order valence-electron chi connectivity index (χ0n) is 15.7. The van der Waals surface area contributed by atoms with Crippen molar-refractivity contribution < 1.29 is 14.7 Å². The summed E-state index contributed by atoms with van der Waals surface area (Å²) < 4.78 is 8.49. The van der Waals surface area contributed by atoms with Gasteiger partial charge in [-0.25, -0.2) is 0 Å². The number of hydrogen-bond acceptors (Lipinski definition) is 6. The van der Waals surface area contributed by atoms with Crippen LogP contribution in [0.25, 0.3) is 22.2 Å². The van der Waals surface area contributed by atoms with Crippen LogP contribution in [0.2, 0.25) is 0 Å². The third kappa shape index (κ3) is 3.38. The number of aliphatic hydroxyl groups is 1. The first-order valence-electron chi connectivity index (χ1n) is 9.67. The fraction of sp³-hybridized carbons (Fsp3) is 0.333. The number of hydrogen-bond donors (Lipinski definition) is 1. The standard InChI is InChI=1S/C21H20N4O3S/c26-19(24-9-11-25(12-10-24)20(27)21(28)7-8-21)15-3-1-14(2-4-15)16-5-6-17-18(13-16)23-29-22-17/h1-6,13,28H,7-12H2. The molecule has 1 saturated heterocycles. The lowest BCUT2D eigenvalue weighted by molar-refractivity contribution is -0.143. The monoisotopic (exact) mass is 408 g/mol. The smallest absolute Gasteiger partial charge is 0.254 e. The summed E-state index contributed by atoms with van der Waals surface area (Å²) in [5.74, 6) is -0.228. The third-order valence-electron chi connectivity index (χ3n) is 5.69. The van der Waals surface area contributed by atoms with Crippen LogP contribution < -0.4 is 0 Å². The Morgan fingerprint density at radius 3 is 2.17 bits per heavy atom. The molecule has 0 atom stereocenters. The highest BCUT2D eigenvalue weighted by Crippen LogP contribution is 2.37. The molecule has 5 rings (SSSR count). The molecule has 3 aromatic rings. The van der Waals surface area contributed by atoms with E-state index in [2.05, 4.69) is 8.75 Å². The van der Waals surface area contributed by atoms with Crippen molar-refractivity contribution in [3.8, 4) is 11.1 Å². The Kier molecular flexibility index (Phi) is 4.33. The molecular formula is C21H20N4O3S. The molecule has 7 nitrogen and oxygen atoms in total. The summed E-state index contributed by atoms with van der Waals surface area (Å²) in [6, 6.07) is 13.5. The molecule has 2 aliphatic rings. The maximum Gasteiger partial charge on any atom is 0.254 e. The van der Waals surface area contributed by atoms with Crippen LogP contribution in [0.5, 0.6) is 0 Å². The Balaban J connectivity index is 1.25. The molecule has 8 heteroatoms. The van der Waals surface area contributed by atoms with Gasteiger partial charge in [-0.2, -0.15) is 8.75 Å². The van der Waals surface area contributed by atoms with E-state index in [4.69, 9.17) is 0 Å². The zero-order valence-corrected chi connectivity index (χ0v) is 16.6. The Bertz CT molecular complexity index is 1080. The van der Waals surface area contributed by atoms with Crippen LogP contribution in [0.4, 0.5) is 0 Å². The van der Waals surface area contributed by atoms with Crippen molar-refractivity contribution in [3.05, 3.63) is 48.0 Å². The van der Waals surface area contributed by atoms with Gasteiger partial charge in [-0.3, -0.25) is 9.59 Å². The van der Waals surface area contributed by atoms with Gasteiger partial charge in [-0.1, -0.05) is 18.2 Å². The van der Waals surface area contributed by atoms with Gasteiger partial charge in [-0.05, 0) is 48.2 Å². The van der Waals surface area contributed by atoms with Gasteiger partial charge in [0, 0.05) is 31.7 Å². The van der Waals surface area contributed by atoms with E-state index in [1.165, 1.54) is 11.7 Å². The molecule has 0 bridgehead atoms. The van der Waals surface area contributed by atoms with Crippen molar-refractivity contribution >= 4 is 34.6 Å². The molecular weight excluding hydrogens is 388 g/mol. The van der Waals surface area contributed by atoms with Gasteiger partial charge in [-0.15, -0.1) is 0 Å².